The number of anilines is 2. The van der Waals surface area contributed by atoms with Crippen LogP contribution in [0.25, 0.3) is 0 Å². The molecule has 0 spiro atoms. The van der Waals surface area contributed by atoms with Crippen molar-refractivity contribution in [2.24, 2.45) is 0 Å². The summed E-state index contributed by atoms with van der Waals surface area (Å²) in [5.74, 6) is 0.602. The number of pyridine rings is 1. The van der Waals surface area contributed by atoms with E-state index >= 15 is 0 Å². The van der Waals surface area contributed by atoms with Crippen molar-refractivity contribution >= 4 is 33.5 Å². The van der Waals surface area contributed by atoms with E-state index < -0.39 is 0 Å². The molecule has 0 saturated heterocycles. The minimum atomic E-state index is -0.296. The molecule has 1 heterocycles. The van der Waals surface area contributed by atoms with E-state index in [1.807, 2.05) is 52.0 Å². The first-order chi connectivity index (χ1) is 9.88. The van der Waals surface area contributed by atoms with Gasteiger partial charge in [-0.2, -0.15) is 0 Å². The average Bonchev–Trinajstić information content (AvgIpc) is 2.45. The van der Waals surface area contributed by atoms with Crippen molar-refractivity contribution in [3.63, 3.8) is 0 Å². The van der Waals surface area contributed by atoms with Gasteiger partial charge in [-0.15, -0.1) is 0 Å². The Balaban J connectivity index is 2.15. The monoisotopic (exact) mass is 347 g/mol. The zero-order valence-electron chi connectivity index (χ0n) is 12.5. The Morgan fingerprint density at radius 3 is 2.19 bits per heavy atom. The number of hydrogen-bond acceptors (Lipinski definition) is 2. The topological polar surface area (TPSA) is 54.0 Å². The van der Waals surface area contributed by atoms with Gasteiger partial charge in [0.25, 0.3) is 0 Å². The zero-order chi connectivity index (χ0) is 15.6. The molecule has 2 amide bonds. The lowest BCUT2D eigenvalue weighted by atomic mass is 10.0. The number of nitrogens with zero attached hydrogens (tertiary/aromatic N) is 1. The van der Waals surface area contributed by atoms with Crippen molar-refractivity contribution in [3.8, 4) is 0 Å². The number of amides is 2. The summed E-state index contributed by atoms with van der Waals surface area (Å²) in [4.78, 5) is 16.5. The van der Waals surface area contributed by atoms with Crippen molar-refractivity contribution in [1.82, 2.24) is 4.98 Å². The number of rotatable bonds is 2. The normalized spacial score (nSPS) is 10.3. The highest BCUT2D eigenvalue weighted by molar-refractivity contribution is 9.10. The van der Waals surface area contributed by atoms with Gasteiger partial charge in [0.1, 0.15) is 5.82 Å². The van der Waals surface area contributed by atoms with E-state index in [0.717, 1.165) is 32.5 Å². The quantitative estimate of drug-likeness (QED) is 0.825. The SMILES string of the molecule is Cc1nc(NC(=O)Nc2ccc(Br)cc2)c(C)c(C)c1C. The van der Waals surface area contributed by atoms with E-state index in [1.165, 1.54) is 0 Å². The molecule has 0 bridgehead atoms. The fourth-order valence-electron chi connectivity index (χ4n) is 1.99. The predicted octanol–water partition coefficient (Wildman–Crippen LogP) is 4.72. The third kappa shape index (κ3) is 3.61. The van der Waals surface area contributed by atoms with Crippen LogP contribution in [0.2, 0.25) is 0 Å². The maximum absolute atomic E-state index is 12.1. The molecule has 0 aliphatic rings. The van der Waals surface area contributed by atoms with Gasteiger partial charge in [-0.05, 0) is 68.7 Å². The van der Waals surface area contributed by atoms with E-state index in [0.29, 0.717) is 5.82 Å². The first-order valence-electron chi connectivity index (χ1n) is 6.66. The highest BCUT2D eigenvalue weighted by Crippen LogP contribution is 2.22. The van der Waals surface area contributed by atoms with Gasteiger partial charge in [0.15, 0.2) is 0 Å². The minimum absolute atomic E-state index is 0.296. The second kappa shape index (κ2) is 6.26. The largest absolute Gasteiger partial charge is 0.324 e. The van der Waals surface area contributed by atoms with Gasteiger partial charge in [-0.25, -0.2) is 9.78 Å². The van der Waals surface area contributed by atoms with Crippen LogP contribution in [0.5, 0.6) is 0 Å². The van der Waals surface area contributed by atoms with Crippen LogP contribution in [0.4, 0.5) is 16.3 Å². The molecule has 1 aromatic heterocycles. The molecule has 21 heavy (non-hydrogen) atoms. The molecule has 0 radical (unpaired) electrons. The summed E-state index contributed by atoms with van der Waals surface area (Å²) in [6, 6.07) is 7.11. The lowest BCUT2D eigenvalue weighted by Gasteiger charge is -2.14. The molecule has 5 heteroatoms. The molecule has 4 nitrogen and oxygen atoms in total. The molecule has 1 aromatic carbocycles. The van der Waals surface area contributed by atoms with E-state index in [1.54, 1.807) is 0 Å². The first kappa shape index (κ1) is 15.5. The Kier molecular flexibility index (Phi) is 4.63. The Morgan fingerprint density at radius 1 is 0.952 bits per heavy atom. The maximum Gasteiger partial charge on any atom is 0.324 e. The molecule has 0 aliphatic carbocycles. The molecule has 0 unspecified atom stereocenters. The smallest absolute Gasteiger partial charge is 0.308 e. The molecule has 2 rings (SSSR count). The Bertz CT molecular complexity index is 681. The fourth-order valence-corrected chi connectivity index (χ4v) is 2.25. The fraction of sp³-hybridized carbons (Fsp3) is 0.250. The highest BCUT2D eigenvalue weighted by atomic mass is 79.9. The van der Waals surface area contributed by atoms with Gasteiger partial charge in [0.2, 0.25) is 0 Å². The summed E-state index contributed by atoms with van der Waals surface area (Å²) in [6.07, 6.45) is 0. The molecule has 2 N–H and O–H groups in total. The van der Waals surface area contributed by atoms with E-state index in [9.17, 15) is 4.79 Å². The summed E-state index contributed by atoms with van der Waals surface area (Å²) >= 11 is 3.36. The Morgan fingerprint density at radius 2 is 1.57 bits per heavy atom. The second-order valence-corrected chi connectivity index (χ2v) is 5.92. The van der Waals surface area contributed by atoms with Crippen LogP contribution in [0.1, 0.15) is 22.4 Å². The molecular weight excluding hydrogens is 330 g/mol. The molecule has 2 aromatic rings. The van der Waals surface area contributed by atoms with Gasteiger partial charge in [0.05, 0.1) is 0 Å². The third-order valence-electron chi connectivity index (χ3n) is 3.64. The molecule has 0 saturated carbocycles. The maximum atomic E-state index is 12.1. The van der Waals surface area contributed by atoms with Crippen molar-refractivity contribution in [2.45, 2.75) is 27.7 Å². The molecule has 0 atom stereocenters. The van der Waals surface area contributed by atoms with Crippen LogP contribution in [-0.2, 0) is 0 Å². The van der Waals surface area contributed by atoms with Gasteiger partial charge in [0, 0.05) is 15.9 Å². The van der Waals surface area contributed by atoms with Crippen molar-refractivity contribution in [1.29, 1.82) is 0 Å². The number of nitrogens with one attached hydrogen (secondary N) is 2. The molecule has 0 aliphatic heterocycles. The molecular formula is C16H18BrN3O. The van der Waals surface area contributed by atoms with Crippen LogP contribution < -0.4 is 10.6 Å². The van der Waals surface area contributed by atoms with Gasteiger partial charge in [-0.1, -0.05) is 15.9 Å². The van der Waals surface area contributed by atoms with Gasteiger partial charge in [-0.3, -0.25) is 5.32 Å². The first-order valence-corrected chi connectivity index (χ1v) is 7.45. The van der Waals surface area contributed by atoms with E-state index in [-0.39, 0.29) is 6.03 Å². The van der Waals surface area contributed by atoms with E-state index in [4.69, 9.17) is 0 Å². The average molecular weight is 348 g/mol. The summed E-state index contributed by atoms with van der Waals surface area (Å²) in [6.45, 7) is 7.98. The van der Waals surface area contributed by atoms with Gasteiger partial charge < -0.3 is 5.32 Å². The van der Waals surface area contributed by atoms with Crippen molar-refractivity contribution in [3.05, 3.63) is 51.1 Å². The van der Waals surface area contributed by atoms with Crippen LogP contribution >= 0.6 is 15.9 Å². The lowest BCUT2D eigenvalue weighted by Crippen LogP contribution is -2.21. The number of benzene rings is 1. The van der Waals surface area contributed by atoms with Gasteiger partial charge >= 0.3 is 6.03 Å². The molecule has 0 fully saturated rings. The minimum Gasteiger partial charge on any atom is -0.308 e. The lowest BCUT2D eigenvalue weighted by molar-refractivity contribution is 0.262. The van der Waals surface area contributed by atoms with Crippen LogP contribution in [0.3, 0.4) is 0 Å². The highest BCUT2D eigenvalue weighted by Gasteiger charge is 2.11. The van der Waals surface area contributed by atoms with Crippen LogP contribution in [0.15, 0.2) is 28.7 Å². The number of aromatic nitrogens is 1. The van der Waals surface area contributed by atoms with E-state index in [2.05, 4.69) is 31.5 Å². The predicted molar refractivity (Wildman–Crippen MR) is 90.0 cm³/mol. The Labute approximate surface area is 133 Å². The summed E-state index contributed by atoms with van der Waals surface area (Å²) in [5.41, 5.74) is 4.96. The second-order valence-electron chi connectivity index (χ2n) is 5.01. The number of hydrogen-bond donors (Lipinski definition) is 2. The molecule has 110 valence electrons. The third-order valence-corrected chi connectivity index (χ3v) is 4.17. The number of carbonyl (C=O) groups excluding carboxylic acids is 1. The van der Waals surface area contributed by atoms with Crippen LogP contribution in [-0.4, -0.2) is 11.0 Å². The number of urea groups is 1. The number of aryl methyl sites for hydroxylation is 1. The van der Waals surface area contributed by atoms with Crippen LogP contribution in [0, 0.1) is 27.7 Å². The number of halogens is 1. The summed E-state index contributed by atoms with van der Waals surface area (Å²) in [7, 11) is 0. The summed E-state index contributed by atoms with van der Waals surface area (Å²) < 4.78 is 0.968. The Hall–Kier alpha value is -1.88. The zero-order valence-corrected chi connectivity index (χ0v) is 14.1. The van der Waals surface area contributed by atoms with Crippen molar-refractivity contribution < 1.29 is 4.79 Å². The summed E-state index contributed by atoms with van der Waals surface area (Å²) in [5, 5.41) is 5.60. The van der Waals surface area contributed by atoms with Crippen molar-refractivity contribution in [2.75, 3.05) is 10.6 Å². The standard InChI is InChI=1S/C16H18BrN3O/c1-9-10(2)12(4)18-15(11(9)3)20-16(21)19-14-7-5-13(17)6-8-14/h5-8H,1-4H3,(H2,18,19,20,21). The number of carbonyl (C=O) groups is 1.